The Morgan fingerprint density at radius 2 is 1.55 bits per heavy atom. The molecule has 1 atom stereocenters. The molecule has 0 N–H and O–H groups in total. The van der Waals surface area contributed by atoms with Crippen molar-refractivity contribution in [1.29, 1.82) is 0 Å². The Kier molecular flexibility index (Phi) is 5.42. The summed E-state index contributed by atoms with van der Waals surface area (Å²) < 4.78 is 8.92. The lowest BCUT2D eigenvalue weighted by Crippen LogP contribution is -2.42. The second-order valence-corrected chi connectivity index (χ2v) is 4.95. The van der Waals surface area contributed by atoms with Crippen LogP contribution in [-0.4, -0.2) is 23.9 Å². The topological polar surface area (TPSA) is 86.7 Å². The Bertz CT molecular complexity index is 421. The van der Waals surface area contributed by atoms with Crippen LogP contribution in [0.5, 0.6) is 0 Å². The first-order chi connectivity index (χ1) is 9.41. The number of cyclic esters (lactones) is 4. The van der Waals surface area contributed by atoms with Crippen LogP contribution in [0.2, 0.25) is 0 Å². The van der Waals surface area contributed by atoms with Crippen LogP contribution in [0.1, 0.15) is 52.9 Å². The molecule has 112 valence electrons. The van der Waals surface area contributed by atoms with Crippen molar-refractivity contribution in [3.05, 3.63) is 0 Å². The molecule has 1 aliphatic heterocycles. The smallest absolute Gasteiger partial charge is 0.384 e. The van der Waals surface area contributed by atoms with E-state index >= 15 is 0 Å². The fraction of sp³-hybridized carbons (Fsp3) is 0.714. The molecule has 1 saturated heterocycles. The van der Waals surface area contributed by atoms with Crippen LogP contribution in [0.4, 0.5) is 0 Å². The molecule has 0 radical (unpaired) electrons. The van der Waals surface area contributed by atoms with Crippen LogP contribution in [0.25, 0.3) is 0 Å². The molecule has 0 aromatic carbocycles. The second kappa shape index (κ2) is 6.63. The van der Waals surface area contributed by atoms with E-state index in [1.165, 1.54) is 0 Å². The molecule has 0 bridgehead atoms. The normalized spacial score (nSPS) is 24.1. The maximum atomic E-state index is 12.3. The maximum Gasteiger partial charge on any atom is 0.425 e. The highest BCUT2D eigenvalue weighted by molar-refractivity contribution is 6.33. The molecule has 0 saturated carbocycles. The lowest BCUT2D eigenvalue weighted by atomic mass is 9.68. The monoisotopic (exact) mass is 284 g/mol. The largest absolute Gasteiger partial charge is 0.425 e. The third-order valence-electron chi connectivity index (χ3n) is 4.20. The van der Waals surface area contributed by atoms with Gasteiger partial charge in [-0.2, -0.15) is 0 Å². The highest BCUT2D eigenvalue weighted by atomic mass is 16.6. The van der Waals surface area contributed by atoms with E-state index in [0.717, 1.165) is 0 Å². The lowest BCUT2D eigenvalue weighted by molar-refractivity contribution is -0.184. The predicted octanol–water partition coefficient (Wildman–Crippen LogP) is 1.75. The van der Waals surface area contributed by atoms with E-state index in [9.17, 15) is 19.2 Å². The number of esters is 4. The molecule has 0 spiro atoms. The number of ether oxygens (including phenoxy) is 2. The van der Waals surface area contributed by atoms with Gasteiger partial charge in [-0.3, -0.25) is 9.59 Å². The second-order valence-electron chi connectivity index (χ2n) is 4.95. The zero-order valence-corrected chi connectivity index (χ0v) is 12.1. The molecular formula is C14H20O6. The first kappa shape index (κ1) is 16.3. The van der Waals surface area contributed by atoms with Gasteiger partial charge in [0.25, 0.3) is 0 Å². The van der Waals surface area contributed by atoms with E-state index in [-0.39, 0.29) is 12.3 Å². The fourth-order valence-electron chi connectivity index (χ4n) is 2.87. The fourth-order valence-corrected chi connectivity index (χ4v) is 2.87. The van der Waals surface area contributed by atoms with E-state index in [1.807, 2.05) is 20.8 Å². The minimum Gasteiger partial charge on any atom is -0.384 e. The summed E-state index contributed by atoms with van der Waals surface area (Å²) >= 11 is 0. The van der Waals surface area contributed by atoms with Crippen molar-refractivity contribution < 1.29 is 28.7 Å². The molecule has 1 heterocycles. The SMILES string of the molecule is CCC1CCC(=O)OC(=O)C(=O)OC(=O)C1(CC)CC. The molecule has 0 amide bonds. The molecular weight excluding hydrogens is 264 g/mol. The van der Waals surface area contributed by atoms with Gasteiger partial charge in [-0.25, -0.2) is 9.59 Å². The standard InChI is InChI=1S/C14H20O6/c1-4-9-7-8-10(15)19-11(16)12(17)20-13(18)14(9,5-2)6-3/h9H,4-8H2,1-3H3. The maximum absolute atomic E-state index is 12.3. The van der Waals surface area contributed by atoms with Crippen LogP contribution in [0.3, 0.4) is 0 Å². The number of hydrogen-bond donors (Lipinski definition) is 0. The van der Waals surface area contributed by atoms with Crippen molar-refractivity contribution in [3.8, 4) is 0 Å². The molecule has 0 aromatic rings. The summed E-state index contributed by atoms with van der Waals surface area (Å²) in [7, 11) is 0. The molecule has 6 heteroatoms. The quantitative estimate of drug-likeness (QED) is 0.446. The third-order valence-corrected chi connectivity index (χ3v) is 4.20. The Labute approximate surface area is 117 Å². The van der Waals surface area contributed by atoms with Crippen molar-refractivity contribution in [1.82, 2.24) is 0 Å². The summed E-state index contributed by atoms with van der Waals surface area (Å²) in [6.45, 7) is 5.59. The van der Waals surface area contributed by atoms with Crippen molar-refractivity contribution in [2.24, 2.45) is 11.3 Å². The predicted molar refractivity (Wildman–Crippen MR) is 68.2 cm³/mol. The van der Waals surface area contributed by atoms with Crippen LogP contribution in [-0.2, 0) is 28.7 Å². The molecule has 1 rings (SSSR count). The molecule has 0 aromatic heterocycles. The molecule has 6 nitrogen and oxygen atoms in total. The van der Waals surface area contributed by atoms with E-state index in [4.69, 9.17) is 0 Å². The average Bonchev–Trinajstić information content (AvgIpc) is 2.42. The summed E-state index contributed by atoms with van der Waals surface area (Å²) in [5.41, 5.74) is -0.845. The van der Waals surface area contributed by atoms with Gasteiger partial charge in [-0.1, -0.05) is 27.2 Å². The van der Waals surface area contributed by atoms with Crippen LogP contribution in [0.15, 0.2) is 0 Å². The number of carbonyl (C=O) groups excluding carboxylic acids is 4. The van der Waals surface area contributed by atoms with Gasteiger partial charge < -0.3 is 9.47 Å². The molecule has 0 aliphatic carbocycles. The van der Waals surface area contributed by atoms with E-state index in [1.54, 1.807) is 0 Å². The highest BCUT2D eigenvalue weighted by Gasteiger charge is 2.45. The molecule has 1 aliphatic rings. The van der Waals surface area contributed by atoms with Gasteiger partial charge in [-0.15, -0.1) is 0 Å². The van der Waals surface area contributed by atoms with E-state index in [2.05, 4.69) is 9.47 Å². The van der Waals surface area contributed by atoms with Gasteiger partial charge >= 0.3 is 23.9 Å². The van der Waals surface area contributed by atoms with Gasteiger partial charge in [0, 0.05) is 6.42 Å². The van der Waals surface area contributed by atoms with Crippen molar-refractivity contribution in [2.45, 2.75) is 52.9 Å². The highest BCUT2D eigenvalue weighted by Crippen LogP contribution is 2.41. The zero-order chi connectivity index (χ0) is 15.3. The van der Waals surface area contributed by atoms with Crippen molar-refractivity contribution in [3.63, 3.8) is 0 Å². The minimum atomic E-state index is -1.43. The number of carbonyl (C=O) groups is 4. The molecule has 20 heavy (non-hydrogen) atoms. The Morgan fingerprint density at radius 1 is 1.00 bits per heavy atom. The van der Waals surface area contributed by atoms with Gasteiger partial charge in [-0.05, 0) is 25.2 Å². The lowest BCUT2D eigenvalue weighted by Gasteiger charge is -2.36. The van der Waals surface area contributed by atoms with Crippen LogP contribution < -0.4 is 0 Å². The van der Waals surface area contributed by atoms with Crippen molar-refractivity contribution in [2.75, 3.05) is 0 Å². The summed E-state index contributed by atoms with van der Waals surface area (Å²) in [6.07, 6.45) is 2.07. The summed E-state index contributed by atoms with van der Waals surface area (Å²) in [6, 6.07) is 0. The number of rotatable bonds is 3. The van der Waals surface area contributed by atoms with Gasteiger partial charge in [0.15, 0.2) is 0 Å². The zero-order valence-electron chi connectivity index (χ0n) is 12.1. The first-order valence-electron chi connectivity index (χ1n) is 6.92. The Morgan fingerprint density at radius 3 is 2.05 bits per heavy atom. The third kappa shape index (κ3) is 3.05. The summed E-state index contributed by atoms with van der Waals surface area (Å²) in [4.78, 5) is 46.4. The van der Waals surface area contributed by atoms with Gasteiger partial charge in [0.05, 0.1) is 5.41 Å². The average molecular weight is 284 g/mol. The minimum absolute atomic E-state index is 0.00650. The van der Waals surface area contributed by atoms with Gasteiger partial charge in [0.2, 0.25) is 0 Å². The van der Waals surface area contributed by atoms with E-state index < -0.39 is 29.3 Å². The van der Waals surface area contributed by atoms with Crippen LogP contribution >= 0.6 is 0 Å². The molecule has 1 fully saturated rings. The number of hydrogen-bond acceptors (Lipinski definition) is 6. The summed E-state index contributed by atoms with van der Waals surface area (Å²) in [5.74, 6) is -4.42. The van der Waals surface area contributed by atoms with Crippen LogP contribution in [0, 0.1) is 11.3 Å². The Balaban J connectivity index is 3.16. The first-order valence-corrected chi connectivity index (χ1v) is 6.92. The Hall–Kier alpha value is -1.72. The van der Waals surface area contributed by atoms with Gasteiger partial charge in [0.1, 0.15) is 0 Å². The molecule has 1 unspecified atom stereocenters. The summed E-state index contributed by atoms with van der Waals surface area (Å²) in [5, 5.41) is 0. The van der Waals surface area contributed by atoms with E-state index in [0.29, 0.717) is 25.7 Å². The van der Waals surface area contributed by atoms with Crippen molar-refractivity contribution >= 4 is 23.9 Å².